The molecule has 0 saturated carbocycles. The van der Waals surface area contributed by atoms with Crippen molar-refractivity contribution in [1.82, 2.24) is 4.57 Å². The zero-order chi connectivity index (χ0) is 33.1. The summed E-state index contributed by atoms with van der Waals surface area (Å²) < 4.78 is 40.9. The fourth-order valence-corrected chi connectivity index (χ4v) is 8.64. The van der Waals surface area contributed by atoms with E-state index < -0.39 is 52.1 Å². The summed E-state index contributed by atoms with van der Waals surface area (Å²) in [7, 11) is 0. The van der Waals surface area contributed by atoms with Gasteiger partial charge in [-0.25, -0.2) is 4.90 Å². The molecular formula is C34H30F3N3O4S2. The first-order chi connectivity index (χ1) is 21.6. The Morgan fingerprint density at radius 2 is 1.57 bits per heavy atom. The number of halogens is 3. The standard InChI is InChI=1S/C34H30F3N3O4S2/c1-18-8-14-23(15-9-18)40-29(42)26-25(19-10-12-20(13-11-19)33(2,3)4)28-31(45-27(26)30(40)43)39(32(44)46-28)17-24(41)38-22-7-5-6-21(16-22)34(35,36)37/h5-16,25-27H,17H2,1-4H3,(H,38,41)/t25-,26+,27-/m0/s1. The Kier molecular flexibility index (Phi) is 8.00. The van der Waals surface area contributed by atoms with Gasteiger partial charge in [-0.15, -0.1) is 0 Å². The number of nitrogens with one attached hydrogen (secondary N) is 1. The van der Waals surface area contributed by atoms with Crippen LogP contribution in [0.4, 0.5) is 24.5 Å². The number of nitrogens with zero attached hydrogens (tertiary/aromatic N) is 2. The number of hydrogen-bond donors (Lipinski definition) is 1. The van der Waals surface area contributed by atoms with E-state index in [1.165, 1.54) is 21.6 Å². The number of thioether (sulfide) groups is 1. The number of carbonyl (C=O) groups excluding carboxylic acids is 3. The summed E-state index contributed by atoms with van der Waals surface area (Å²) in [5.74, 6) is -2.91. The van der Waals surface area contributed by atoms with E-state index in [4.69, 9.17) is 0 Å². The van der Waals surface area contributed by atoms with Crippen molar-refractivity contribution in [1.29, 1.82) is 0 Å². The molecule has 46 heavy (non-hydrogen) atoms. The van der Waals surface area contributed by atoms with Crippen LogP contribution in [0.2, 0.25) is 0 Å². The first kappa shape index (κ1) is 31.8. The molecule has 0 spiro atoms. The number of aromatic nitrogens is 1. The monoisotopic (exact) mass is 665 g/mol. The van der Waals surface area contributed by atoms with Gasteiger partial charge < -0.3 is 5.32 Å². The zero-order valence-electron chi connectivity index (χ0n) is 25.3. The van der Waals surface area contributed by atoms with Gasteiger partial charge in [0.15, 0.2) is 0 Å². The lowest BCUT2D eigenvalue weighted by atomic mass is 9.81. The Hall–Kier alpha value is -4.16. The van der Waals surface area contributed by atoms with Crippen LogP contribution in [0.25, 0.3) is 0 Å². The molecule has 1 N–H and O–H groups in total. The van der Waals surface area contributed by atoms with Gasteiger partial charge >= 0.3 is 11.0 Å². The van der Waals surface area contributed by atoms with E-state index in [1.807, 2.05) is 43.3 Å². The molecule has 2 aliphatic heterocycles. The van der Waals surface area contributed by atoms with Crippen molar-refractivity contribution in [2.75, 3.05) is 10.2 Å². The van der Waals surface area contributed by atoms with Crippen molar-refractivity contribution in [2.24, 2.45) is 5.92 Å². The minimum atomic E-state index is -4.59. The van der Waals surface area contributed by atoms with Gasteiger partial charge in [0, 0.05) is 16.5 Å². The average Bonchev–Trinajstić information content (AvgIpc) is 3.43. The summed E-state index contributed by atoms with van der Waals surface area (Å²) >= 11 is 1.99. The van der Waals surface area contributed by atoms with Crippen LogP contribution in [0.5, 0.6) is 0 Å². The lowest BCUT2D eigenvalue weighted by molar-refractivity contribution is -0.137. The van der Waals surface area contributed by atoms with Crippen molar-refractivity contribution >= 4 is 52.2 Å². The minimum Gasteiger partial charge on any atom is -0.325 e. The molecule has 3 atom stereocenters. The molecule has 0 radical (unpaired) electrons. The number of thiazole rings is 1. The summed E-state index contributed by atoms with van der Waals surface area (Å²) in [5, 5.41) is 1.99. The number of benzene rings is 3. The maximum absolute atomic E-state index is 14.1. The molecule has 3 aromatic carbocycles. The summed E-state index contributed by atoms with van der Waals surface area (Å²) in [6, 6.07) is 19.1. The average molecular weight is 666 g/mol. The van der Waals surface area contributed by atoms with Gasteiger partial charge in [-0.2, -0.15) is 13.2 Å². The Morgan fingerprint density at radius 3 is 2.20 bits per heavy atom. The number of anilines is 2. The lowest BCUT2D eigenvalue weighted by Gasteiger charge is -2.31. The summed E-state index contributed by atoms with van der Waals surface area (Å²) in [6.07, 6.45) is -4.59. The maximum Gasteiger partial charge on any atom is 0.416 e. The molecule has 1 fully saturated rings. The first-order valence-corrected chi connectivity index (χ1v) is 16.3. The Labute approximate surface area is 271 Å². The molecule has 1 saturated heterocycles. The van der Waals surface area contributed by atoms with Crippen molar-refractivity contribution < 1.29 is 27.6 Å². The number of amides is 3. The van der Waals surface area contributed by atoms with Gasteiger partial charge in [0.05, 0.1) is 22.2 Å². The highest BCUT2D eigenvalue weighted by molar-refractivity contribution is 8.00. The van der Waals surface area contributed by atoms with Crippen LogP contribution in [-0.2, 0) is 32.5 Å². The van der Waals surface area contributed by atoms with Crippen LogP contribution in [-0.4, -0.2) is 27.5 Å². The fraction of sp³-hybridized carbons (Fsp3) is 0.294. The number of fused-ring (bicyclic) bond motifs is 2. The quantitative estimate of drug-likeness (QED) is 0.233. The number of imide groups is 1. The van der Waals surface area contributed by atoms with Crippen molar-refractivity contribution in [3.05, 3.63) is 110 Å². The second-order valence-electron chi connectivity index (χ2n) is 12.5. The predicted molar refractivity (Wildman–Crippen MR) is 172 cm³/mol. The Morgan fingerprint density at radius 1 is 0.891 bits per heavy atom. The van der Waals surface area contributed by atoms with Crippen LogP contribution in [0.3, 0.4) is 0 Å². The molecule has 7 nitrogen and oxygen atoms in total. The van der Waals surface area contributed by atoms with E-state index in [0.29, 0.717) is 15.6 Å². The van der Waals surface area contributed by atoms with E-state index in [0.717, 1.165) is 51.9 Å². The molecule has 4 aromatic rings. The molecule has 2 aliphatic rings. The molecule has 3 amide bonds. The maximum atomic E-state index is 14.1. The summed E-state index contributed by atoms with van der Waals surface area (Å²) in [6.45, 7) is 7.68. The minimum absolute atomic E-state index is 0.0631. The number of carbonyl (C=O) groups is 3. The highest BCUT2D eigenvalue weighted by Gasteiger charge is 2.56. The second-order valence-corrected chi connectivity index (χ2v) is 14.6. The van der Waals surface area contributed by atoms with Crippen molar-refractivity contribution in [3.63, 3.8) is 0 Å². The number of alkyl halides is 3. The topological polar surface area (TPSA) is 88.5 Å². The number of aryl methyl sites for hydroxylation is 1. The second kappa shape index (κ2) is 11.6. The molecule has 238 valence electrons. The van der Waals surface area contributed by atoms with E-state index in [9.17, 15) is 32.3 Å². The van der Waals surface area contributed by atoms with Crippen LogP contribution >= 0.6 is 23.1 Å². The fourth-order valence-electron chi connectivity index (χ4n) is 5.87. The summed E-state index contributed by atoms with van der Waals surface area (Å²) in [4.78, 5) is 55.8. The van der Waals surface area contributed by atoms with Crippen molar-refractivity contribution in [2.45, 2.75) is 62.0 Å². The predicted octanol–water partition coefficient (Wildman–Crippen LogP) is 6.97. The Balaban J connectivity index is 1.39. The number of rotatable bonds is 5. The molecule has 12 heteroatoms. The van der Waals surface area contributed by atoms with Gasteiger partial charge in [0.1, 0.15) is 11.8 Å². The van der Waals surface area contributed by atoms with Gasteiger partial charge in [0.2, 0.25) is 17.7 Å². The van der Waals surface area contributed by atoms with Gasteiger partial charge in [-0.05, 0) is 53.8 Å². The highest BCUT2D eigenvalue weighted by Crippen LogP contribution is 2.54. The van der Waals surface area contributed by atoms with E-state index in [1.54, 1.807) is 12.1 Å². The van der Waals surface area contributed by atoms with Crippen LogP contribution < -0.4 is 15.1 Å². The number of hydrogen-bond acceptors (Lipinski definition) is 6. The summed E-state index contributed by atoms with van der Waals surface area (Å²) in [5.41, 5.74) is 2.16. The largest absolute Gasteiger partial charge is 0.416 e. The molecular weight excluding hydrogens is 636 g/mol. The van der Waals surface area contributed by atoms with E-state index in [-0.39, 0.29) is 17.0 Å². The smallest absolute Gasteiger partial charge is 0.325 e. The highest BCUT2D eigenvalue weighted by atomic mass is 32.2. The first-order valence-electron chi connectivity index (χ1n) is 14.6. The third-order valence-electron chi connectivity index (χ3n) is 8.25. The van der Waals surface area contributed by atoms with Gasteiger partial charge in [-0.3, -0.25) is 23.7 Å². The van der Waals surface area contributed by atoms with Gasteiger partial charge in [0.25, 0.3) is 0 Å². The van der Waals surface area contributed by atoms with Crippen LogP contribution in [0.1, 0.15) is 53.8 Å². The third-order valence-corrected chi connectivity index (χ3v) is 10.9. The van der Waals surface area contributed by atoms with Crippen molar-refractivity contribution in [3.8, 4) is 0 Å². The molecule has 0 unspecified atom stereocenters. The normalized spacial score (nSPS) is 19.6. The lowest BCUT2D eigenvalue weighted by Crippen LogP contribution is -2.33. The molecule has 0 bridgehead atoms. The molecule has 1 aromatic heterocycles. The van der Waals surface area contributed by atoms with E-state index in [2.05, 4.69) is 26.1 Å². The van der Waals surface area contributed by atoms with E-state index >= 15 is 0 Å². The van der Waals surface area contributed by atoms with Crippen LogP contribution in [0, 0.1) is 12.8 Å². The molecule has 6 rings (SSSR count). The zero-order valence-corrected chi connectivity index (χ0v) is 27.0. The third kappa shape index (κ3) is 5.79. The molecule has 3 heterocycles. The van der Waals surface area contributed by atoms with Gasteiger partial charge in [-0.1, -0.05) is 91.9 Å². The van der Waals surface area contributed by atoms with Crippen LogP contribution in [0.15, 0.2) is 82.6 Å². The Bertz CT molecular complexity index is 1910. The SMILES string of the molecule is Cc1ccc(N2C(=O)[C@@H]3[C@H](c4ccc(C(C)(C)C)cc4)c4sc(=O)n(CC(=O)Nc5cccc(C(F)(F)F)c5)c4S[C@@H]3C2=O)cc1. The molecule has 0 aliphatic carbocycles.